The lowest BCUT2D eigenvalue weighted by atomic mass is 10.2. The minimum absolute atomic E-state index is 0.315. The average molecular weight is 291 g/mol. The van der Waals surface area contributed by atoms with Crippen LogP contribution in [0.15, 0.2) is 24.3 Å². The monoisotopic (exact) mass is 291 g/mol. The van der Waals surface area contributed by atoms with E-state index >= 15 is 0 Å². The third kappa shape index (κ3) is 3.57. The Labute approximate surface area is 122 Å². The lowest BCUT2D eigenvalue weighted by Gasteiger charge is -2.05. The number of carbonyl (C=O) groups is 1. The molecule has 0 atom stereocenters. The van der Waals surface area contributed by atoms with Crippen LogP contribution in [0.5, 0.6) is 5.75 Å². The van der Waals surface area contributed by atoms with Gasteiger partial charge in [0, 0.05) is 4.88 Å². The first-order valence-electron chi connectivity index (χ1n) is 6.43. The second-order valence-electron chi connectivity index (χ2n) is 4.28. The third-order valence-corrected chi connectivity index (χ3v) is 3.85. The number of thiazole rings is 1. The molecule has 0 spiro atoms. The first kappa shape index (κ1) is 14.5. The molecule has 106 valence electrons. The van der Waals surface area contributed by atoms with Crippen LogP contribution in [-0.4, -0.2) is 17.6 Å². The summed E-state index contributed by atoms with van der Waals surface area (Å²) in [5.74, 6) is 0.397. The molecule has 0 saturated heterocycles. The number of rotatable bonds is 5. The maximum absolute atomic E-state index is 11.5. The molecule has 1 aromatic heterocycles. The molecule has 0 fully saturated rings. The fraction of sp³-hybridized carbons (Fsp3) is 0.333. The van der Waals surface area contributed by atoms with Crippen molar-refractivity contribution in [2.45, 2.75) is 27.4 Å². The summed E-state index contributed by atoms with van der Waals surface area (Å²) in [5.41, 5.74) is 1.58. The third-order valence-electron chi connectivity index (χ3n) is 2.80. The summed E-state index contributed by atoms with van der Waals surface area (Å²) in [6.07, 6.45) is 0. The van der Waals surface area contributed by atoms with E-state index in [0.717, 1.165) is 10.7 Å². The SMILES string of the molecule is CCOC(=O)c1ccc(OCc2nc(C)c(C)s2)cc1. The number of hydrogen-bond acceptors (Lipinski definition) is 5. The standard InChI is InChI=1S/C15H17NO3S/c1-4-18-15(17)12-5-7-13(8-6-12)19-9-14-16-10(2)11(3)20-14/h5-8H,4,9H2,1-3H3. The largest absolute Gasteiger partial charge is 0.486 e. The molecule has 0 radical (unpaired) electrons. The van der Waals surface area contributed by atoms with Gasteiger partial charge in [-0.05, 0) is 45.0 Å². The Bertz CT molecular complexity index is 570. The molecule has 2 aromatic rings. The molecule has 1 heterocycles. The predicted octanol–water partition coefficient (Wildman–Crippen LogP) is 3.52. The molecule has 2 rings (SSSR count). The molecule has 0 aliphatic rings. The molecular weight excluding hydrogens is 274 g/mol. The molecule has 0 amide bonds. The van der Waals surface area contributed by atoms with Crippen LogP contribution in [0.3, 0.4) is 0 Å². The number of carbonyl (C=O) groups excluding carboxylic acids is 1. The zero-order valence-corrected chi connectivity index (χ0v) is 12.6. The maximum Gasteiger partial charge on any atom is 0.338 e. The van der Waals surface area contributed by atoms with E-state index in [0.29, 0.717) is 24.5 Å². The average Bonchev–Trinajstić information content (AvgIpc) is 2.76. The smallest absolute Gasteiger partial charge is 0.338 e. The van der Waals surface area contributed by atoms with Crippen LogP contribution in [0.2, 0.25) is 0 Å². The molecule has 0 aliphatic heterocycles. The zero-order chi connectivity index (χ0) is 14.5. The van der Waals surface area contributed by atoms with E-state index in [1.54, 1.807) is 42.5 Å². The number of aromatic nitrogens is 1. The van der Waals surface area contributed by atoms with E-state index in [1.165, 1.54) is 4.88 Å². The van der Waals surface area contributed by atoms with Crippen molar-refractivity contribution in [1.29, 1.82) is 0 Å². The number of esters is 1. The number of aryl methyl sites for hydroxylation is 2. The Morgan fingerprint density at radius 2 is 1.95 bits per heavy atom. The van der Waals surface area contributed by atoms with Gasteiger partial charge in [0.05, 0.1) is 17.9 Å². The van der Waals surface area contributed by atoms with E-state index in [2.05, 4.69) is 4.98 Å². The molecule has 5 heteroatoms. The fourth-order valence-corrected chi connectivity index (χ4v) is 2.49. The van der Waals surface area contributed by atoms with Crippen LogP contribution in [-0.2, 0) is 11.3 Å². The van der Waals surface area contributed by atoms with Crippen LogP contribution in [0.25, 0.3) is 0 Å². The summed E-state index contributed by atoms with van der Waals surface area (Å²) >= 11 is 1.64. The summed E-state index contributed by atoms with van der Waals surface area (Å²) < 4.78 is 10.6. The van der Waals surface area contributed by atoms with Crippen molar-refractivity contribution in [2.24, 2.45) is 0 Å². The normalized spacial score (nSPS) is 10.3. The van der Waals surface area contributed by atoms with Crippen LogP contribution in [0.1, 0.15) is 32.9 Å². The van der Waals surface area contributed by atoms with Crippen LogP contribution in [0.4, 0.5) is 0 Å². The van der Waals surface area contributed by atoms with Gasteiger partial charge in [0.25, 0.3) is 0 Å². The molecule has 1 aromatic carbocycles. The first-order chi connectivity index (χ1) is 9.60. The highest BCUT2D eigenvalue weighted by molar-refractivity contribution is 7.11. The highest BCUT2D eigenvalue weighted by Gasteiger charge is 2.07. The molecule has 0 unspecified atom stereocenters. The maximum atomic E-state index is 11.5. The number of nitrogens with zero attached hydrogens (tertiary/aromatic N) is 1. The van der Waals surface area contributed by atoms with Gasteiger partial charge in [-0.15, -0.1) is 11.3 Å². The lowest BCUT2D eigenvalue weighted by Crippen LogP contribution is -2.04. The van der Waals surface area contributed by atoms with Gasteiger partial charge >= 0.3 is 5.97 Å². The second kappa shape index (κ2) is 6.52. The number of hydrogen-bond donors (Lipinski definition) is 0. The first-order valence-corrected chi connectivity index (χ1v) is 7.24. The summed E-state index contributed by atoms with van der Waals surface area (Å²) in [6, 6.07) is 6.93. The number of ether oxygens (including phenoxy) is 2. The predicted molar refractivity (Wildman–Crippen MR) is 78.3 cm³/mol. The van der Waals surface area contributed by atoms with Crippen molar-refractivity contribution in [3.05, 3.63) is 45.4 Å². The van der Waals surface area contributed by atoms with Crippen molar-refractivity contribution < 1.29 is 14.3 Å². The van der Waals surface area contributed by atoms with Gasteiger partial charge in [-0.25, -0.2) is 9.78 Å². The summed E-state index contributed by atoms with van der Waals surface area (Å²) in [4.78, 5) is 17.1. The van der Waals surface area contributed by atoms with Crippen LogP contribution < -0.4 is 4.74 Å². The number of benzene rings is 1. The minimum Gasteiger partial charge on any atom is -0.486 e. The van der Waals surface area contributed by atoms with Gasteiger partial charge in [-0.1, -0.05) is 0 Å². The molecule has 20 heavy (non-hydrogen) atoms. The van der Waals surface area contributed by atoms with Crippen LogP contribution >= 0.6 is 11.3 Å². The van der Waals surface area contributed by atoms with Crippen LogP contribution in [0, 0.1) is 13.8 Å². The van der Waals surface area contributed by atoms with E-state index < -0.39 is 0 Å². The quantitative estimate of drug-likeness (QED) is 0.791. The topological polar surface area (TPSA) is 48.4 Å². The molecule has 0 bridgehead atoms. The molecule has 0 N–H and O–H groups in total. The van der Waals surface area contributed by atoms with Gasteiger partial charge in [0.15, 0.2) is 0 Å². The molecule has 4 nitrogen and oxygen atoms in total. The second-order valence-corrected chi connectivity index (χ2v) is 5.57. The van der Waals surface area contributed by atoms with Crippen molar-refractivity contribution in [3.8, 4) is 5.75 Å². The van der Waals surface area contributed by atoms with E-state index in [-0.39, 0.29) is 5.97 Å². The van der Waals surface area contributed by atoms with Crippen molar-refractivity contribution in [3.63, 3.8) is 0 Å². The Kier molecular flexibility index (Phi) is 4.74. The zero-order valence-electron chi connectivity index (χ0n) is 11.8. The van der Waals surface area contributed by atoms with Crippen molar-refractivity contribution in [2.75, 3.05) is 6.61 Å². The van der Waals surface area contributed by atoms with Gasteiger partial charge in [-0.2, -0.15) is 0 Å². The molecule has 0 saturated carbocycles. The van der Waals surface area contributed by atoms with Gasteiger partial charge < -0.3 is 9.47 Å². The highest BCUT2D eigenvalue weighted by Crippen LogP contribution is 2.19. The highest BCUT2D eigenvalue weighted by atomic mass is 32.1. The minimum atomic E-state index is -0.315. The van der Waals surface area contributed by atoms with Gasteiger partial charge in [0.2, 0.25) is 0 Å². The van der Waals surface area contributed by atoms with Gasteiger partial charge in [0.1, 0.15) is 17.4 Å². The Morgan fingerprint density at radius 3 is 2.50 bits per heavy atom. The Morgan fingerprint density at radius 1 is 1.25 bits per heavy atom. The summed E-state index contributed by atoms with van der Waals surface area (Å²) in [6.45, 7) is 6.64. The van der Waals surface area contributed by atoms with Crippen molar-refractivity contribution in [1.82, 2.24) is 4.98 Å². The molecule has 0 aliphatic carbocycles. The lowest BCUT2D eigenvalue weighted by molar-refractivity contribution is 0.0526. The Balaban J connectivity index is 1.95. The fourth-order valence-electron chi connectivity index (χ4n) is 1.65. The molecular formula is C15H17NO3S. The van der Waals surface area contributed by atoms with E-state index in [1.807, 2.05) is 13.8 Å². The van der Waals surface area contributed by atoms with E-state index in [9.17, 15) is 4.79 Å². The summed E-state index contributed by atoms with van der Waals surface area (Å²) in [7, 11) is 0. The summed E-state index contributed by atoms with van der Waals surface area (Å²) in [5, 5.41) is 0.953. The van der Waals surface area contributed by atoms with E-state index in [4.69, 9.17) is 9.47 Å². The van der Waals surface area contributed by atoms with Crippen molar-refractivity contribution >= 4 is 17.3 Å². The Hall–Kier alpha value is -1.88. The van der Waals surface area contributed by atoms with Gasteiger partial charge in [-0.3, -0.25) is 0 Å².